The third-order valence-corrected chi connectivity index (χ3v) is 2.89. The average Bonchev–Trinajstić information content (AvgIpc) is 2.71. The topological polar surface area (TPSA) is 77.8 Å². The molecule has 0 radical (unpaired) electrons. The largest absolute Gasteiger partial charge is 0.431 e. The number of aromatic nitrogens is 3. The Kier molecular flexibility index (Phi) is 2.41. The maximum Gasteiger partial charge on any atom is 0.263 e. The first kappa shape index (κ1) is 10.1. The van der Waals surface area contributed by atoms with E-state index in [4.69, 9.17) is 10.2 Å². The standard InChI is InChI=1S/C11H8N4OS/c12-7-1-2-8-9(5-7)16-11(15-8)17-10-6-13-3-4-14-10/h1-6H,12H2. The molecule has 2 heterocycles. The molecular formula is C11H8N4OS. The van der Waals surface area contributed by atoms with E-state index in [1.165, 1.54) is 11.8 Å². The highest BCUT2D eigenvalue weighted by molar-refractivity contribution is 7.99. The molecule has 0 atom stereocenters. The van der Waals surface area contributed by atoms with E-state index in [-0.39, 0.29) is 0 Å². The van der Waals surface area contributed by atoms with Crippen LogP contribution in [0, 0.1) is 0 Å². The number of hydrogen-bond acceptors (Lipinski definition) is 6. The molecule has 6 heteroatoms. The van der Waals surface area contributed by atoms with E-state index in [9.17, 15) is 0 Å². The molecule has 1 aromatic carbocycles. The Hall–Kier alpha value is -2.08. The highest BCUT2D eigenvalue weighted by Crippen LogP contribution is 2.28. The molecule has 0 aliphatic carbocycles. The minimum Gasteiger partial charge on any atom is -0.431 e. The third kappa shape index (κ3) is 2.07. The molecule has 2 N–H and O–H groups in total. The van der Waals surface area contributed by atoms with Gasteiger partial charge in [0.1, 0.15) is 10.5 Å². The van der Waals surface area contributed by atoms with Crippen molar-refractivity contribution >= 4 is 28.5 Å². The van der Waals surface area contributed by atoms with Gasteiger partial charge in [0.25, 0.3) is 5.22 Å². The summed E-state index contributed by atoms with van der Waals surface area (Å²) in [6.45, 7) is 0. The number of nitrogens with two attached hydrogens (primary N) is 1. The predicted octanol–water partition coefficient (Wildman–Crippen LogP) is 2.35. The average molecular weight is 244 g/mol. The van der Waals surface area contributed by atoms with Crippen molar-refractivity contribution in [2.24, 2.45) is 0 Å². The van der Waals surface area contributed by atoms with Gasteiger partial charge in [0.15, 0.2) is 5.58 Å². The van der Waals surface area contributed by atoms with Crippen LogP contribution < -0.4 is 5.73 Å². The molecule has 2 aromatic heterocycles. The number of anilines is 1. The van der Waals surface area contributed by atoms with Crippen LogP contribution >= 0.6 is 11.8 Å². The Labute approximate surface area is 101 Å². The van der Waals surface area contributed by atoms with Gasteiger partial charge < -0.3 is 10.2 Å². The maximum atomic E-state index is 5.67. The van der Waals surface area contributed by atoms with Crippen LogP contribution in [-0.2, 0) is 0 Å². The summed E-state index contributed by atoms with van der Waals surface area (Å²) in [5.41, 5.74) is 7.79. The van der Waals surface area contributed by atoms with Gasteiger partial charge in [0.2, 0.25) is 0 Å². The van der Waals surface area contributed by atoms with E-state index < -0.39 is 0 Å². The van der Waals surface area contributed by atoms with Crippen LogP contribution in [0.4, 0.5) is 5.69 Å². The van der Waals surface area contributed by atoms with Crippen molar-refractivity contribution in [2.75, 3.05) is 5.73 Å². The first-order valence-corrected chi connectivity index (χ1v) is 5.73. The number of fused-ring (bicyclic) bond motifs is 1. The molecule has 0 saturated carbocycles. The molecule has 5 nitrogen and oxygen atoms in total. The molecule has 0 bridgehead atoms. The first-order valence-electron chi connectivity index (χ1n) is 4.91. The van der Waals surface area contributed by atoms with Gasteiger partial charge in [-0.25, -0.2) is 9.97 Å². The summed E-state index contributed by atoms with van der Waals surface area (Å²) in [4.78, 5) is 12.4. The summed E-state index contributed by atoms with van der Waals surface area (Å²) in [7, 11) is 0. The maximum absolute atomic E-state index is 5.67. The van der Waals surface area contributed by atoms with Gasteiger partial charge in [-0.1, -0.05) is 0 Å². The van der Waals surface area contributed by atoms with Crippen molar-refractivity contribution in [1.29, 1.82) is 0 Å². The lowest BCUT2D eigenvalue weighted by molar-refractivity contribution is 0.489. The molecule has 0 fully saturated rings. The Morgan fingerprint density at radius 2 is 2.18 bits per heavy atom. The molecule has 84 valence electrons. The van der Waals surface area contributed by atoms with E-state index in [1.54, 1.807) is 30.7 Å². The summed E-state index contributed by atoms with van der Waals surface area (Å²) < 4.78 is 5.56. The van der Waals surface area contributed by atoms with Crippen molar-refractivity contribution in [1.82, 2.24) is 15.0 Å². The number of nitrogen functional groups attached to an aromatic ring is 1. The summed E-state index contributed by atoms with van der Waals surface area (Å²) in [5, 5.41) is 1.28. The molecule has 3 aromatic rings. The minimum atomic E-state index is 0.533. The van der Waals surface area contributed by atoms with Gasteiger partial charge >= 0.3 is 0 Å². The van der Waals surface area contributed by atoms with Crippen LogP contribution in [0.15, 0.2) is 51.5 Å². The van der Waals surface area contributed by atoms with E-state index in [2.05, 4.69) is 15.0 Å². The molecule has 0 amide bonds. The van der Waals surface area contributed by atoms with Crippen LogP contribution in [0.5, 0.6) is 0 Å². The van der Waals surface area contributed by atoms with E-state index in [1.807, 2.05) is 6.07 Å². The van der Waals surface area contributed by atoms with Crippen molar-refractivity contribution < 1.29 is 4.42 Å². The highest BCUT2D eigenvalue weighted by Gasteiger charge is 2.08. The smallest absolute Gasteiger partial charge is 0.263 e. The van der Waals surface area contributed by atoms with Crippen LogP contribution in [0.3, 0.4) is 0 Å². The summed E-state index contributed by atoms with van der Waals surface area (Å²) >= 11 is 1.33. The predicted molar refractivity (Wildman–Crippen MR) is 64.6 cm³/mol. The van der Waals surface area contributed by atoms with Gasteiger partial charge in [0.05, 0.1) is 6.20 Å². The summed E-state index contributed by atoms with van der Waals surface area (Å²) in [6, 6.07) is 5.37. The quantitative estimate of drug-likeness (QED) is 0.697. The van der Waals surface area contributed by atoms with E-state index >= 15 is 0 Å². The lowest BCUT2D eigenvalue weighted by atomic mass is 10.3. The Morgan fingerprint density at radius 1 is 1.24 bits per heavy atom. The molecule has 0 unspecified atom stereocenters. The van der Waals surface area contributed by atoms with Gasteiger partial charge in [-0.15, -0.1) is 0 Å². The van der Waals surface area contributed by atoms with E-state index in [0.717, 1.165) is 10.5 Å². The minimum absolute atomic E-state index is 0.533. The molecule has 17 heavy (non-hydrogen) atoms. The van der Waals surface area contributed by atoms with Gasteiger partial charge in [-0.3, -0.25) is 4.98 Å². The first-order chi connectivity index (χ1) is 8.31. The SMILES string of the molecule is Nc1ccc2nc(Sc3cnccn3)oc2c1. The number of rotatable bonds is 2. The second-order valence-electron chi connectivity index (χ2n) is 3.35. The molecular weight excluding hydrogens is 236 g/mol. The molecule has 0 saturated heterocycles. The van der Waals surface area contributed by atoms with Crippen molar-refractivity contribution in [3.8, 4) is 0 Å². The van der Waals surface area contributed by atoms with Crippen molar-refractivity contribution in [3.05, 3.63) is 36.8 Å². The Bertz CT molecular complexity index is 653. The lowest BCUT2D eigenvalue weighted by Gasteiger charge is -1.92. The zero-order chi connectivity index (χ0) is 11.7. The van der Waals surface area contributed by atoms with Crippen LogP contribution in [0.25, 0.3) is 11.1 Å². The number of benzene rings is 1. The van der Waals surface area contributed by atoms with Gasteiger partial charge in [0, 0.05) is 24.1 Å². The van der Waals surface area contributed by atoms with E-state index in [0.29, 0.717) is 16.5 Å². The summed E-state index contributed by atoms with van der Waals surface area (Å²) in [6.07, 6.45) is 4.91. The summed E-state index contributed by atoms with van der Waals surface area (Å²) in [5.74, 6) is 0. The molecule has 0 aliphatic heterocycles. The molecule has 0 aliphatic rings. The lowest BCUT2D eigenvalue weighted by Crippen LogP contribution is -1.81. The number of oxazole rings is 1. The Morgan fingerprint density at radius 3 is 3.00 bits per heavy atom. The second kappa shape index (κ2) is 4.06. The monoisotopic (exact) mass is 244 g/mol. The highest BCUT2D eigenvalue weighted by atomic mass is 32.2. The van der Waals surface area contributed by atoms with Crippen LogP contribution in [0.1, 0.15) is 0 Å². The van der Waals surface area contributed by atoms with Gasteiger partial charge in [-0.2, -0.15) is 0 Å². The van der Waals surface area contributed by atoms with Crippen LogP contribution in [-0.4, -0.2) is 15.0 Å². The zero-order valence-electron chi connectivity index (χ0n) is 8.70. The van der Waals surface area contributed by atoms with Gasteiger partial charge in [-0.05, 0) is 23.9 Å². The van der Waals surface area contributed by atoms with Crippen molar-refractivity contribution in [2.45, 2.75) is 10.2 Å². The molecule has 3 rings (SSSR count). The fourth-order valence-electron chi connectivity index (χ4n) is 1.39. The fraction of sp³-hybridized carbons (Fsp3) is 0. The zero-order valence-corrected chi connectivity index (χ0v) is 9.52. The number of hydrogen-bond donors (Lipinski definition) is 1. The van der Waals surface area contributed by atoms with Crippen LogP contribution in [0.2, 0.25) is 0 Å². The third-order valence-electron chi connectivity index (χ3n) is 2.12. The molecule has 0 spiro atoms. The normalized spacial score (nSPS) is 10.8. The number of nitrogens with zero attached hydrogens (tertiary/aromatic N) is 3. The second-order valence-corrected chi connectivity index (χ2v) is 4.32. The van der Waals surface area contributed by atoms with Crippen molar-refractivity contribution in [3.63, 3.8) is 0 Å². The Balaban J connectivity index is 1.96. The fourth-order valence-corrected chi connectivity index (χ4v) is 2.07.